The minimum absolute atomic E-state index is 0.0110. The van der Waals surface area contributed by atoms with Gasteiger partial charge in [0.25, 0.3) is 0 Å². The standard InChI is InChI=1S/C46H70N10O9/c1-6-28(3)37-41(60)49-26-12-11-16-33(52-46(65)53-35(44(63)64)17-13-27-50-45(47)48)39(58)54-38(29(4)7-2)42(61)51-34(24-20-30-14-9-8-10-15-30)43(62)56(5)36(40(59)55-37)25-21-31-18-22-32(57)23-19-31/h8-10,14-15,18-19,22-23,28-29,33-38,57H,6-7,11-13,16-17,20-21,24-27H2,1-5H3,(H,49,60)(H,51,61)(H,54,58)(H,55,59)(H,63,64)(H4,47,48,50)(H2,52,53,65). The number of aryl methyl sites for hydroxylation is 2. The van der Waals surface area contributed by atoms with Crippen LogP contribution in [0.15, 0.2) is 59.6 Å². The number of carboxylic acids is 1. The Bertz CT molecular complexity index is 1910. The molecule has 0 saturated carbocycles. The summed E-state index contributed by atoms with van der Waals surface area (Å²) in [7, 11) is 1.49. The predicted octanol–water partition coefficient (Wildman–Crippen LogP) is 1.81. The molecule has 3 rings (SSSR count). The molecule has 19 heteroatoms. The average molecular weight is 907 g/mol. The van der Waals surface area contributed by atoms with E-state index in [1.807, 2.05) is 51.1 Å². The van der Waals surface area contributed by atoms with E-state index in [-0.39, 0.29) is 62.8 Å². The Morgan fingerprint density at radius 2 is 1.42 bits per heavy atom. The van der Waals surface area contributed by atoms with E-state index in [1.165, 1.54) is 24.1 Å². The summed E-state index contributed by atoms with van der Waals surface area (Å²) in [6, 6.07) is 7.96. The number of aliphatic imine (C=N–C) groups is 1. The first kappa shape index (κ1) is 52.9. The minimum Gasteiger partial charge on any atom is -0.508 e. The first-order valence-electron chi connectivity index (χ1n) is 22.6. The highest BCUT2D eigenvalue weighted by molar-refractivity contribution is 5.96. The van der Waals surface area contributed by atoms with E-state index in [1.54, 1.807) is 19.1 Å². The summed E-state index contributed by atoms with van der Waals surface area (Å²) in [4.78, 5) is 102. The van der Waals surface area contributed by atoms with E-state index in [0.29, 0.717) is 38.5 Å². The largest absolute Gasteiger partial charge is 0.508 e. The number of carbonyl (C=O) groups is 7. The fraction of sp³-hybridized carbons (Fsp3) is 0.565. The van der Waals surface area contributed by atoms with Gasteiger partial charge in [0.1, 0.15) is 42.0 Å². The molecular formula is C46H70N10O9. The van der Waals surface area contributed by atoms with Gasteiger partial charge in [-0.05, 0) is 92.9 Å². The Hall–Kier alpha value is -6.40. The summed E-state index contributed by atoms with van der Waals surface area (Å²) in [5.41, 5.74) is 12.4. The van der Waals surface area contributed by atoms with Gasteiger partial charge in [0, 0.05) is 20.1 Å². The Morgan fingerprint density at radius 3 is 2.03 bits per heavy atom. The van der Waals surface area contributed by atoms with Crippen molar-refractivity contribution in [3.8, 4) is 5.75 Å². The molecule has 2 aromatic rings. The van der Waals surface area contributed by atoms with Gasteiger partial charge in [-0.1, -0.05) is 83.0 Å². The van der Waals surface area contributed by atoms with Gasteiger partial charge in [0.05, 0.1) is 0 Å². The lowest BCUT2D eigenvalue weighted by Gasteiger charge is -2.34. The number of likely N-dealkylation sites (N-methyl/N-ethyl adjacent to an activating group) is 1. The molecule has 1 saturated heterocycles. The van der Waals surface area contributed by atoms with E-state index in [2.05, 4.69) is 36.9 Å². The van der Waals surface area contributed by atoms with Crippen molar-refractivity contribution in [2.75, 3.05) is 20.1 Å². The summed E-state index contributed by atoms with van der Waals surface area (Å²) in [5, 5.41) is 36.2. The molecule has 19 nitrogen and oxygen atoms in total. The number of rotatable bonds is 17. The summed E-state index contributed by atoms with van der Waals surface area (Å²) in [5.74, 6) is -5.08. The van der Waals surface area contributed by atoms with E-state index < -0.39 is 83.7 Å². The van der Waals surface area contributed by atoms with Crippen LogP contribution in [-0.4, -0.2) is 119 Å². The van der Waals surface area contributed by atoms with Gasteiger partial charge in [0.2, 0.25) is 29.5 Å². The summed E-state index contributed by atoms with van der Waals surface area (Å²) < 4.78 is 0. The third-order valence-corrected chi connectivity index (χ3v) is 11.9. The summed E-state index contributed by atoms with van der Waals surface area (Å²) >= 11 is 0. The topological polar surface area (TPSA) is 300 Å². The number of urea groups is 1. The first-order chi connectivity index (χ1) is 30.9. The number of phenols is 1. The molecule has 0 aromatic heterocycles. The zero-order valence-electron chi connectivity index (χ0n) is 38.3. The monoisotopic (exact) mass is 907 g/mol. The van der Waals surface area contributed by atoms with Crippen molar-refractivity contribution in [2.45, 2.75) is 135 Å². The van der Waals surface area contributed by atoms with Crippen molar-refractivity contribution in [1.29, 1.82) is 0 Å². The van der Waals surface area contributed by atoms with Gasteiger partial charge in [-0.2, -0.15) is 0 Å². The second kappa shape index (κ2) is 27.0. The number of benzene rings is 2. The summed E-state index contributed by atoms with van der Waals surface area (Å²) in [6.45, 7) is 7.62. The number of nitrogens with zero attached hydrogens (tertiary/aromatic N) is 2. The number of carboxylic acid groups (broad SMARTS) is 1. The molecule has 8 atom stereocenters. The number of phenolic OH excluding ortho intramolecular Hbond substituents is 1. The van der Waals surface area contributed by atoms with Crippen LogP contribution >= 0.6 is 0 Å². The number of hydrogen-bond acceptors (Lipinski definition) is 9. The van der Waals surface area contributed by atoms with Crippen LogP contribution in [0, 0.1) is 11.8 Å². The maximum Gasteiger partial charge on any atom is 0.326 e. The van der Waals surface area contributed by atoms with Crippen LogP contribution in [-0.2, 0) is 41.6 Å². The number of carbonyl (C=O) groups excluding carboxylic acids is 6. The quantitative estimate of drug-likeness (QED) is 0.0620. The molecule has 358 valence electrons. The zero-order chi connectivity index (χ0) is 48.1. The summed E-state index contributed by atoms with van der Waals surface area (Å²) in [6.07, 6.45) is 2.90. The molecule has 1 aliphatic heterocycles. The van der Waals surface area contributed by atoms with Gasteiger partial charge in [-0.3, -0.25) is 29.0 Å². The molecule has 2 aromatic carbocycles. The number of nitrogens with one attached hydrogen (secondary N) is 6. The van der Waals surface area contributed by atoms with Gasteiger partial charge >= 0.3 is 12.0 Å². The maximum absolute atomic E-state index is 14.7. The first-order valence-corrected chi connectivity index (χ1v) is 22.6. The van der Waals surface area contributed by atoms with Crippen LogP contribution in [0.5, 0.6) is 5.75 Å². The van der Waals surface area contributed by atoms with Crippen molar-refractivity contribution in [3.63, 3.8) is 0 Å². The Balaban J connectivity index is 2.04. The molecular weight excluding hydrogens is 837 g/mol. The van der Waals surface area contributed by atoms with Crippen molar-refractivity contribution in [2.24, 2.45) is 28.3 Å². The highest BCUT2D eigenvalue weighted by Gasteiger charge is 2.37. The normalized spacial score (nSPS) is 22.0. The Morgan fingerprint density at radius 1 is 0.815 bits per heavy atom. The molecule has 0 aliphatic carbocycles. The lowest BCUT2D eigenvalue weighted by Crippen LogP contribution is -2.61. The van der Waals surface area contributed by atoms with Gasteiger partial charge in [0.15, 0.2) is 5.96 Å². The molecule has 7 amide bonds. The van der Waals surface area contributed by atoms with E-state index in [4.69, 9.17) is 11.5 Å². The average Bonchev–Trinajstić information content (AvgIpc) is 3.28. The number of hydrogen-bond donors (Lipinski definition) is 10. The fourth-order valence-electron chi connectivity index (χ4n) is 7.43. The van der Waals surface area contributed by atoms with Crippen LogP contribution in [0.25, 0.3) is 0 Å². The molecule has 8 unspecified atom stereocenters. The number of aliphatic carboxylic acids is 1. The number of amides is 7. The van der Waals surface area contributed by atoms with E-state index >= 15 is 0 Å². The molecule has 0 bridgehead atoms. The number of nitrogens with two attached hydrogens (primary N) is 2. The SMILES string of the molecule is CCC(C)C1NC(=O)C(NC(=O)NC(CCCN=C(N)N)C(=O)O)CCCCNC(=O)C(C(C)CC)NC(=O)C(CCc2ccc(O)cc2)N(C)C(=O)C(CCc2ccccc2)NC1=O. The highest BCUT2D eigenvalue weighted by Crippen LogP contribution is 2.19. The zero-order valence-corrected chi connectivity index (χ0v) is 38.3. The molecule has 1 heterocycles. The van der Waals surface area contributed by atoms with Crippen molar-refractivity contribution >= 4 is 47.5 Å². The van der Waals surface area contributed by atoms with E-state index in [9.17, 15) is 43.8 Å². The smallest absolute Gasteiger partial charge is 0.326 e. The molecule has 0 spiro atoms. The van der Waals surface area contributed by atoms with Gasteiger partial charge in [-0.25, -0.2) is 9.59 Å². The molecule has 0 radical (unpaired) electrons. The number of guanidine groups is 1. The molecule has 12 N–H and O–H groups in total. The van der Waals surface area contributed by atoms with Crippen molar-refractivity contribution < 1.29 is 43.8 Å². The molecule has 1 fully saturated rings. The second-order valence-electron chi connectivity index (χ2n) is 16.8. The van der Waals surface area contributed by atoms with Crippen LogP contribution in [0.3, 0.4) is 0 Å². The van der Waals surface area contributed by atoms with Crippen LogP contribution in [0.2, 0.25) is 0 Å². The second-order valence-corrected chi connectivity index (χ2v) is 16.8. The van der Waals surface area contributed by atoms with Crippen LogP contribution in [0.4, 0.5) is 4.79 Å². The van der Waals surface area contributed by atoms with Gasteiger partial charge in [-0.15, -0.1) is 0 Å². The van der Waals surface area contributed by atoms with Crippen molar-refractivity contribution in [1.82, 2.24) is 36.8 Å². The maximum atomic E-state index is 14.7. The van der Waals surface area contributed by atoms with E-state index in [0.717, 1.165) is 11.1 Å². The fourth-order valence-corrected chi connectivity index (χ4v) is 7.43. The van der Waals surface area contributed by atoms with Crippen LogP contribution < -0.4 is 43.4 Å². The third-order valence-electron chi connectivity index (χ3n) is 11.9. The van der Waals surface area contributed by atoms with Gasteiger partial charge < -0.3 is 58.5 Å². The number of aromatic hydroxyl groups is 1. The minimum atomic E-state index is -1.33. The predicted molar refractivity (Wildman–Crippen MR) is 246 cm³/mol. The van der Waals surface area contributed by atoms with Crippen LogP contribution in [0.1, 0.15) is 96.6 Å². The Labute approximate surface area is 381 Å². The lowest BCUT2D eigenvalue weighted by atomic mass is 9.95. The highest BCUT2D eigenvalue weighted by atomic mass is 16.4. The third kappa shape index (κ3) is 17.6. The molecule has 1 aliphatic rings. The van der Waals surface area contributed by atoms with Crippen molar-refractivity contribution in [3.05, 3.63) is 65.7 Å². The Kier molecular flexibility index (Phi) is 22.0. The molecule has 65 heavy (non-hydrogen) atoms. The lowest BCUT2D eigenvalue weighted by molar-refractivity contribution is -0.143.